The number of hydrogen-bond donors (Lipinski definition) is 1. The quantitative estimate of drug-likeness (QED) is 0.781. The van der Waals surface area contributed by atoms with E-state index in [1.807, 2.05) is 0 Å². The molecule has 23 heavy (non-hydrogen) atoms. The zero-order chi connectivity index (χ0) is 16.6. The number of H-pyrrole nitrogens is 1. The fourth-order valence-corrected chi connectivity index (χ4v) is 3.89. The highest BCUT2D eigenvalue weighted by Crippen LogP contribution is 2.30. The van der Waals surface area contributed by atoms with Crippen molar-refractivity contribution in [1.82, 2.24) is 4.98 Å². The first-order valence-corrected chi connectivity index (χ1v) is 8.65. The summed E-state index contributed by atoms with van der Waals surface area (Å²) in [5.74, 6) is 0.668. The highest BCUT2D eigenvalue weighted by Gasteiger charge is 2.24. The second-order valence-electron chi connectivity index (χ2n) is 5.01. The molecule has 0 saturated carbocycles. The van der Waals surface area contributed by atoms with Crippen LogP contribution in [0.25, 0.3) is 10.9 Å². The standard InChI is InChI=1S/C16H15ClN2O3S/c1-19(12-4-6-13(22-2)7-5-12)23(20,21)16-10-18-15-9-11(17)3-8-14(15)16/h3-10,18H,1-2H3. The number of aromatic nitrogens is 1. The van der Waals surface area contributed by atoms with Crippen LogP contribution in [0.3, 0.4) is 0 Å². The molecule has 0 radical (unpaired) electrons. The average Bonchev–Trinajstić information content (AvgIpc) is 2.97. The molecule has 0 aliphatic heterocycles. The number of anilines is 1. The molecule has 3 aromatic rings. The van der Waals surface area contributed by atoms with Crippen molar-refractivity contribution < 1.29 is 13.2 Å². The number of hydrogen-bond acceptors (Lipinski definition) is 3. The van der Waals surface area contributed by atoms with E-state index >= 15 is 0 Å². The predicted octanol–water partition coefficient (Wildman–Crippen LogP) is 3.66. The zero-order valence-corrected chi connectivity index (χ0v) is 14.1. The molecule has 0 amide bonds. The number of methoxy groups -OCH3 is 1. The van der Waals surface area contributed by atoms with Crippen molar-refractivity contribution in [2.45, 2.75) is 4.90 Å². The Bertz CT molecular complexity index is 949. The van der Waals surface area contributed by atoms with Crippen molar-refractivity contribution in [2.24, 2.45) is 0 Å². The molecule has 1 N–H and O–H groups in total. The molecular formula is C16H15ClN2O3S. The molecule has 0 unspecified atom stereocenters. The Morgan fingerprint density at radius 3 is 2.48 bits per heavy atom. The van der Waals surface area contributed by atoms with Gasteiger partial charge in [-0.3, -0.25) is 4.31 Å². The number of fused-ring (bicyclic) bond motifs is 1. The fourth-order valence-electron chi connectivity index (χ4n) is 2.36. The van der Waals surface area contributed by atoms with Crippen LogP contribution in [0.5, 0.6) is 5.75 Å². The van der Waals surface area contributed by atoms with Gasteiger partial charge in [-0.05, 0) is 42.5 Å². The summed E-state index contributed by atoms with van der Waals surface area (Å²) in [6, 6.07) is 11.9. The molecule has 0 bridgehead atoms. The summed E-state index contributed by atoms with van der Waals surface area (Å²) in [6.07, 6.45) is 1.48. The maximum absolute atomic E-state index is 12.9. The fraction of sp³-hybridized carbons (Fsp3) is 0.125. The van der Waals surface area contributed by atoms with Gasteiger partial charge in [-0.25, -0.2) is 8.42 Å². The molecule has 2 aromatic carbocycles. The number of ether oxygens (including phenoxy) is 1. The Labute approximate surface area is 139 Å². The van der Waals surface area contributed by atoms with Crippen LogP contribution in [-0.2, 0) is 10.0 Å². The van der Waals surface area contributed by atoms with Gasteiger partial charge < -0.3 is 9.72 Å². The lowest BCUT2D eigenvalue weighted by Crippen LogP contribution is -2.26. The minimum atomic E-state index is -3.69. The van der Waals surface area contributed by atoms with Crippen molar-refractivity contribution >= 4 is 38.2 Å². The van der Waals surface area contributed by atoms with Crippen LogP contribution in [0, 0.1) is 0 Å². The lowest BCUT2D eigenvalue weighted by atomic mass is 10.2. The van der Waals surface area contributed by atoms with E-state index in [0.717, 1.165) is 0 Å². The van der Waals surface area contributed by atoms with Gasteiger partial charge in [0.1, 0.15) is 10.6 Å². The van der Waals surface area contributed by atoms with Crippen LogP contribution in [0.2, 0.25) is 5.02 Å². The lowest BCUT2D eigenvalue weighted by Gasteiger charge is -2.19. The number of benzene rings is 2. The van der Waals surface area contributed by atoms with Crippen molar-refractivity contribution in [3.8, 4) is 5.75 Å². The third kappa shape index (κ3) is 2.75. The second-order valence-corrected chi connectivity index (χ2v) is 7.39. The van der Waals surface area contributed by atoms with E-state index in [-0.39, 0.29) is 4.90 Å². The van der Waals surface area contributed by atoms with Crippen molar-refractivity contribution in [2.75, 3.05) is 18.5 Å². The van der Waals surface area contributed by atoms with Crippen LogP contribution >= 0.6 is 11.6 Å². The van der Waals surface area contributed by atoms with E-state index in [1.54, 1.807) is 49.6 Å². The van der Waals surface area contributed by atoms with E-state index in [9.17, 15) is 8.42 Å². The SMILES string of the molecule is COc1ccc(N(C)S(=O)(=O)c2c[nH]c3cc(Cl)ccc23)cc1. The average molecular weight is 351 g/mol. The summed E-state index contributed by atoms with van der Waals surface area (Å²) in [5, 5.41) is 1.15. The Morgan fingerprint density at radius 2 is 1.83 bits per heavy atom. The van der Waals surface area contributed by atoms with Crippen LogP contribution in [0.1, 0.15) is 0 Å². The monoisotopic (exact) mass is 350 g/mol. The normalized spacial score (nSPS) is 11.6. The molecule has 1 heterocycles. The van der Waals surface area contributed by atoms with Gasteiger partial charge in [-0.1, -0.05) is 11.6 Å². The van der Waals surface area contributed by atoms with E-state index in [0.29, 0.717) is 27.4 Å². The van der Waals surface area contributed by atoms with Crippen LogP contribution in [0.4, 0.5) is 5.69 Å². The first-order valence-electron chi connectivity index (χ1n) is 6.83. The van der Waals surface area contributed by atoms with Crippen LogP contribution in [0.15, 0.2) is 53.6 Å². The Kier molecular flexibility index (Phi) is 3.95. The Hall–Kier alpha value is -2.18. The van der Waals surface area contributed by atoms with E-state index < -0.39 is 10.0 Å². The molecule has 0 aliphatic carbocycles. The van der Waals surface area contributed by atoms with Gasteiger partial charge in [-0.15, -0.1) is 0 Å². The number of nitrogens with zero attached hydrogens (tertiary/aromatic N) is 1. The molecule has 5 nitrogen and oxygen atoms in total. The molecule has 0 saturated heterocycles. The zero-order valence-electron chi connectivity index (χ0n) is 12.6. The lowest BCUT2D eigenvalue weighted by molar-refractivity contribution is 0.415. The van der Waals surface area contributed by atoms with Crippen LogP contribution in [-0.4, -0.2) is 27.6 Å². The molecule has 7 heteroatoms. The largest absolute Gasteiger partial charge is 0.497 e. The molecule has 120 valence electrons. The number of nitrogens with one attached hydrogen (secondary N) is 1. The third-order valence-corrected chi connectivity index (χ3v) is 5.74. The minimum Gasteiger partial charge on any atom is -0.497 e. The van der Waals surface area contributed by atoms with Gasteiger partial charge >= 0.3 is 0 Å². The first-order chi connectivity index (χ1) is 10.9. The highest BCUT2D eigenvalue weighted by atomic mass is 35.5. The van der Waals surface area contributed by atoms with Gasteiger partial charge in [0.25, 0.3) is 10.0 Å². The van der Waals surface area contributed by atoms with E-state index in [2.05, 4.69) is 4.98 Å². The first kappa shape index (κ1) is 15.7. The molecule has 0 atom stereocenters. The van der Waals surface area contributed by atoms with Gasteiger partial charge in [-0.2, -0.15) is 0 Å². The second kappa shape index (κ2) is 5.79. The molecule has 3 rings (SSSR count). The van der Waals surface area contributed by atoms with Crippen molar-refractivity contribution in [1.29, 1.82) is 0 Å². The summed E-state index contributed by atoms with van der Waals surface area (Å²) in [5.41, 5.74) is 1.23. The van der Waals surface area contributed by atoms with Gasteiger partial charge in [0.2, 0.25) is 0 Å². The molecule has 0 fully saturated rings. The molecular weight excluding hydrogens is 336 g/mol. The summed E-state index contributed by atoms with van der Waals surface area (Å²) < 4.78 is 32.1. The van der Waals surface area contributed by atoms with Crippen molar-refractivity contribution in [3.63, 3.8) is 0 Å². The van der Waals surface area contributed by atoms with E-state index in [4.69, 9.17) is 16.3 Å². The molecule has 0 spiro atoms. The van der Waals surface area contributed by atoms with Gasteiger partial charge in [0.05, 0.1) is 12.8 Å². The minimum absolute atomic E-state index is 0.211. The summed E-state index contributed by atoms with van der Waals surface area (Å²) in [7, 11) is -0.608. The van der Waals surface area contributed by atoms with Crippen molar-refractivity contribution in [3.05, 3.63) is 53.7 Å². The topological polar surface area (TPSA) is 62.4 Å². The van der Waals surface area contributed by atoms with Gasteiger partial charge in [0, 0.05) is 29.2 Å². The van der Waals surface area contributed by atoms with Gasteiger partial charge in [0.15, 0.2) is 0 Å². The summed E-state index contributed by atoms with van der Waals surface area (Å²) >= 11 is 5.94. The maximum Gasteiger partial charge on any atom is 0.266 e. The number of rotatable bonds is 4. The number of halogens is 1. The smallest absolute Gasteiger partial charge is 0.266 e. The Balaban J connectivity index is 2.05. The summed E-state index contributed by atoms with van der Waals surface area (Å²) in [6.45, 7) is 0. The predicted molar refractivity (Wildman–Crippen MR) is 91.9 cm³/mol. The Morgan fingerprint density at radius 1 is 1.13 bits per heavy atom. The molecule has 0 aliphatic rings. The maximum atomic E-state index is 12.9. The third-order valence-electron chi connectivity index (χ3n) is 3.68. The summed E-state index contributed by atoms with van der Waals surface area (Å²) in [4.78, 5) is 3.16. The number of sulfonamides is 1. The highest BCUT2D eigenvalue weighted by molar-refractivity contribution is 7.93. The number of aromatic amines is 1. The van der Waals surface area contributed by atoms with Crippen LogP contribution < -0.4 is 9.04 Å². The van der Waals surface area contributed by atoms with E-state index in [1.165, 1.54) is 17.5 Å². The molecule has 1 aromatic heterocycles.